The first-order chi connectivity index (χ1) is 8.22. The molecule has 1 unspecified atom stereocenters. The van der Waals surface area contributed by atoms with E-state index < -0.39 is 14.6 Å². The molecule has 0 amide bonds. The minimum atomic E-state index is -3.00. The van der Waals surface area contributed by atoms with Gasteiger partial charge in [0.05, 0.1) is 10.5 Å². The van der Waals surface area contributed by atoms with Gasteiger partial charge in [-0.1, -0.05) is 6.42 Å². The minimum Gasteiger partial charge on any atom is -0.313 e. The molecule has 1 aliphatic heterocycles. The highest BCUT2D eigenvalue weighted by Crippen LogP contribution is 2.16. The molecule has 0 aromatic heterocycles. The van der Waals surface area contributed by atoms with E-state index in [1.807, 2.05) is 7.05 Å². The van der Waals surface area contributed by atoms with Gasteiger partial charge in [-0.05, 0) is 47.2 Å². The van der Waals surface area contributed by atoms with Crippen LogP contribution in [0, 0.1) is 0 Å². The van der Waals surface area contributed by atoms with Crippen molar-refractivity contribution >= 4 is 9.84 Å². The Morgan fingerprint density at radius 3 is 2.44 bits per heavy atom. The lowest BCUT2D eigenvalue weighted by Gasteiger charge is -2.29. The van der Waals surface area contributed by atoms with Crippen molar-refractivity contribution in [2.24, 2.45) is 0 Å². The van der Waals surface area contributed by atoms with Crippen LogP contribution in [-0.2, 0) is 9.84 Å². The lowest BCUT2D eigenvalue weighted by Crippen LogP contribution is -2.44. The molecule has 18 heavy (non-hydrogen) atoms. The monoisotopic (exact) mass is 276 g/mol. The molecule has 1 atom stereocenters. The highest BCUT2D eigenvalue weighted by Gasteiger charge is 2.28. The Balaban J connectivity index is 2.34. The zero-order valence-electron chi connectivity index (χ0n) is 12.2. The highest BCUT2D eigenvalue weighted by molar-refractivity contribution is 7.92. The summed E-state index contributed by atoms with van der Waals surface area (Å²) in [5.41, 5.74) is 0. The summed E-state index contributed by atoms with van der Waals surface area (Å²) in [6, 6.07) is 0.529. The van der Waals surface area contributed by atoms with E-state index in [9.17, 15) is 8.42 Å². The zero-order chi connectivity index (χ0) is 13.8. The van der Waals surface area contributed by atoms with Crippen molar-refractivity contribution in [2.75, 3.05) is 32.4 Å². The Bertz CT molecular complexity index is 340. The van der Waals surface area contributed by atoms with Crippen molar-refractivity contribution < 1.29 is 8.42 Å². The third-order valence-electron chi connectivity index (χ3n) is 3.62. The van der Waals surface area contributed by atoms with E-state index in [1.54, 1.807) is 20.8 Å². The first-order valence-electron chi connectivity index (χ1n) is 6.86. The molecule has 1 aliphatic rings. The second-order valence-electron chi connectivity index (χ2n) is 6.34. The van der Waals surface area contributed by atoms with E-state index in [4.69, 9.17) is 0 Å². The van der Waals surface area contributed by atoms with Gasteiger partial charge in [0.25, 0.3) is 0 Å². The molecule has 1 rings (SSSR count). The van der Waals surface area contributed by atoms with Gasteiger partial charge in [-0.2, -0.15) is 0 Å². The zero-order valence-corrected chi connectivity index (χ0v) is 13.0. The Labute approximate surface area is 112 Å². The van der Waals surface area contributed by atoms with Crippen LogP contribution in [0.4, 0.5) is 0 Å². The molecule has 0 bridgehead atoms. The van der Waals surface area contributed by atoms with Crippen molar-refractivity contribution in [1.29, 1.82) is 0 Å². The molecular formula is C13H28N2O2S. The molecule has 0 aliphatic carbocycles. The van der Waals surface area contributed by atoms with Crippen LogP contribution in [0.3, 0.4) is 0 Å². The summed E-state index contributed by atoms with van der Waals surface area (Å²) in [6.07, 6.45) is 3.75. The number of sulfone groups is 1. The Hall–Kier alpha value is -0.130. The summed E-state index contributed by atoms with van der Waals surface area (Å²) in [7, 11) is -0.987. The van der Waals surface area contributed by atoms with E-state index in [0.29, 0.717) is 12.6 Å². The van der Waals surface area contributed by atoms with Crippen LogP contribution in [0.25, 0.3) is 0 Å². The van der Waals surface area contributed by atoms with Crippen molar-refractivity contribution in [3.05, 3.63) is 0 Å². The average Bonchev–Trinajstić information content (AvgIpc) is 2.26. The topological polar surface area (TPSA) is 49.4 Å². The maximum atomic E-state index is 12.0. The molecule has 1 N–H and O–H groups in total. The van der Waals surface area contributed by atoms with Gasteiger partial charge in [0.2, 0.25) is 0 Å². The smallest absolute Gasteiger partial charge is 0.156 e. The van der Waals surface area contributed by atoms with Gasteiger partial charge < -0.3 is 10.2 Å². The number of piperidine rings is 1. The highest BCUT2D eigenvalue weighted by atomic mass is 32.2. The molecule has 0 aromatic rings. The average molecular weight is 276 g/mol. The van der Waals surface area contributed by atoms with E-state index in [1.165, 1.54) is 19.3 Å². The summed E-state index contributed by atoms with van der Waals surface area (Å²) in [5.74, 6) is 0.250. The van der Waals surface area contributed by atoms with Gasteiger partial charge >= 0.3 is 0 Å². The van der Waals surface area contributed by atoms with Gasteiger partial charge in [-0.25, -0.2) is 8.42 Å². The number of nitrogens with zero attached hydrogens (tertiary/aromatic N) is 1. The van der Waals surface area contributed by atoms with Crippen LogP contribution in [0.1, 0.15) is 40.0 Å². The summed E-state index contributed by atoms with van der Waals surface area (Å²) >= 11 is 0. The Morgan fingerprint density at radius 2 is 1.94 bits per heavy atom. The quantitative estimate of drug-likeness (QED) is 0.822. The van der Waals surface area contributed by atoms with E-state index in [0.717, 1.165) is 13.1 Å². The lowest BCUT2D eigenvalue weighted by atomic mass is 10.0. The number of hydrogen-bond donors (Lipinski definition) is 1. The molecule has 1 heterocycles. The maximum Gasteiger partial charge on any atom is 0.156 e. The Kier molecular flexibility index (Phi) is 5.62. The van der Waals surface area contributed by atoms with Crippen LogP contribution in [0.15, 0.2) is 0 Å². The van der Waals surface area contributed by atoms with Crippen molar-refractivity contribution in [1.82, 2.24) is 10.2 Å². The predicted octanol–water partition coefficient (Wildman–Crippen LogP) is 1.27. The SMILES string of the molecule is CN(CCS(=O)(=O)C(C)(C)C)CC1CCCCN1. The van der Waals surface area contributed by atoms with E-state index in [2.05, 4.69) is 10.2 Å². The van der Waals surface area contributed by atoms with Gasteiger partial charge in [-0.3, -0.25) is 0 Å². The molecular weight excluding hydrogens is 248 g/mol. The van der Waals surface area contributed by atoms with Crippen molar-refractivity contribution in [3.8, 4) is 0 Å². The van der Waals surface area contributed by atoms with Crippen LogP contribution in [0.2, 0.25) is 0 Å². The van der Waals surface area contributed by atoms with Crippen LogP contribution in [0.5, 0.6) is 0 Å². The molecule has 0 aromatic carbocycles. The van der Waals surface area contributed by atoms with Crippen molar-refractivity contribution in [2.45, 2.75) is 50.8 Å². The fraction of sp³-hybridized carbons (Fsp3) is 1.00. The summed E-state index contributed by atoms with van der Waals surface area (Å²) in [4.78, 5) is 2.13. The lowest BCUT2D eigenvalue weighted by molar-refractivity contribution is 0.272. The number of likely N-dealkylation sites (N-methyl/N-ethyl adjacent to an activating group) is 1. The third kappa shape index (κ3) is 4.86. The molecule has 108 valence electrons. The Morgan fingerprint density at radius 1 is 1.28 bits per heavy atom. The van der Waals surface area contributed by atoms with Crippen LogP contribution in [-0.4, -0.2) is 56.5 Å². The first kappa shape index (κ1) is 15.9. The number of rotatable bonds is 5. The molecule has 1 saturated heterocycles. The standard InChI is InChI=1S/C13H28N2O2S/c1-13(2,3)18(16,17)10-9-15(4)11-12-7-5-6-8-14-12/h12,14H,5-11H2,1-4H3. The fourth-order valence-corrected chi connectivity index (χ4v) is 3.29. The van der Waals surface area contributed by atoms with Gasteiger partial charge in [0.15, 0.2) is 9.84 Å². The normalized spacial score (nSPS) is 22.4. The van der Waals surface area contributed by atoms with Gasteiger partial charge in [-0.15, -0.1) is 0 Å². The van der Waals surface area contributed by atoms with Crippen molar-refractivity contribution in [3.63, 3.8) is 0 Å². The molecule has 5 heteroatoms. The van der Waals surface area contributed by atoms with Crippen LogP contribution < -0.4 is 5.32 Å². The number of hydrogen-bond acceptors (Lipinski definition) is 4. The third-order valence-corrected chi connectivity index (χ3v) is 6.21. The predicted molar refractivity (Wildman–Crippen MR) is 76.7 cm³/mol. The molecule has 0 saturated carbocycles. The second-order valence-corrected chi connectivity index (χ2v) is 9.20. The summed E-state index contributed by atoms with van der Waals surface area (Å²) < 4.78 is 23.4. The summed E-state index contributed by atoms with van der Waals surface area (Å²) in [6.45, 7) is 7.97. The van der Waals surface area contributed by atoms with Gasteiger partial charge in [0, 0.05) is 19.1 Å². The van der Waals surface area contributed by atoms with Gasteiger partial charge in [0.1, 0.15) is 0 Å². The number of nitrogens with one attached hydrogen (secondary N) is 1. The molecule has 1 fully saturated rings. The minimum absolute atomic E-state index is 0.250. The largest absolute Gasteiger partial charge is 0.313 e. The molecule has 4 nitrogen and oxygen atoms in total. The summed E-state index contributed by atoms with van der Waals surface area (Å²) in [5, 5.41) is 3.49. The maximum absolute atomic E-state index is 12.0. The second kappa shape index (κ2) is 6.35. The van der Waals surface area contributed by atoms with Crippen LogP contribution >= 0.6 is 0 Å². The molecule has 0 spiro atoms. The van der Waals surface area contributed by atoms with E-state index in [-0.39, 0.29) is 5.75 Å². The first-order valence-corrected chi connectivity index (χ1v) is 8.52. The fourth-order valence-electron chi connectivity index (χ4n) is 2.13. The molecule has 0 radical (unpaired) electrons. The van der Waals surface area contributed by atoms with E-state index >= 15 is 0 Å².